The number of unbranched alkanes of at least 4 members (excludes halogenated alkanes) is 1. The van der Waals surface area contributed by atoms with E-state index in [4.69, 9.17) is 9.47 Å². The highest BCUT2D eigenvalue weighted by Crippen LogP contribution is 2.30. The van der Waals surface area contributed by atoms with Gasteiger partial charge in [0.25, 0.3) is 5.19 Å². The van der Waals surface area contributed by atoms with E-state index < -0.39 is 0 Å². The molecule has 4 aromatic rings. The van der Waals surface area contributed by atoms with Gasteiger partial charge in [0.2, 0.25) is 5.13 Å². The van der Waals surface area contributed by atoms with Gasteiger partial charge in [-0.1, -0.05) is 52.0 Å². The van der Waals surface area contributed by atoms with E-state index in [9.17, 15) is 0 Å². The maximum atomic E-state index is 5.77. The molecular formula is C21H21N5O2S4. The minimum atomic E-state index is 0.311. The topological polar surface area (TPSA) is 82.0 Å². The van der Waals surface area contributed by atoms with Crippen LogP contribution in [0.5, 0.6) is 16.7 Å². The second-order valence-electron chi connectivity index (χ2n) is 6.67. The number of hydrogen-bond acceptors (Lipinski definition) is 11. The average Bonchev–Trinajstić information content (AvgIpc) is 3.44. The Morgan fingerprint density at radius 1 is 0.750 bits per heavy atom. The van der Waals surface area contributed by atoms with Gasteiger partial charge in [-0.05, 0) is 37.1 Å². The highest BCUT2D eigenvalue weighted by molar-refractivity contribution is 7.80. The standard InChI is InChI=1S/C21H21N5O2S4/c29-16-9-3-1-7-14(16)27-13-22-20-25-23-18(31-20)11-5-6-12-19-24-26-21(32-19)28-15-8-2-4-10-17(15)30/h1-4,7-10,29-30H,5-6,11-13H2,(H,22,25). The van der Waals surface area contributed by atoms with Crippen molar-refractivity contribution >= 4 is 53.1 Å². The van der Waals surface area contributed by atoms with E-state index in [0.717, 1.165) is 56.4 Å². The Morgan fingerprint density at radius 2 is 1.38 bits per heavy atom. The zero-order valence-electron chi connectivity index (χ0n) is 17.0. The highest BCUT2D eigenvalue weighted by atomic mass is 32.1. The Labute approximate surface area is 205 Å². The van der Waals surface area contributed by atoms with Crippen LogP contribution in [0, 0.1) is 0 Å². The Bertz CT molecular complexity index is 1150. The van der Waals surface area contributed by atoms with E-state index in [-0.39, 0.29) is 0 Å². The highest BCUT2D eigenvalue weighted by Gasteiger charge is 2.09. The summed E-state index contributed by atoms with van der Waals surface area (Å²) in [6.45, 7) is 0.311. The van der Waals surface area contributed by atoms with Crippen molar-refractivity contribution < 1.29 is 9.47 Å². The van der Waals surface area contributed by atoms with E-state index in [2.05, 4.69) is 51.0 Å². The summed E-state index contributed by atoms with van der Waals surface area (Å²) in [5.41, 5.74) is 0. The monoisotopic (exact) mass is 503 g/mol. The normalized spacial score (nSPS) is 10.8. The summed E-state index contributed by atoms with van der Waals surface area (Å²) < 4.78 is 11.4. The van der Waals surface area contributed by atoms with Gasteiger partial charge in [0.15, 0.2) is 6.73 Å². The van der Waals surface area contributed by atoms with Crippen LogP contribution in [0.4, 0.5) is 5.13 Å². The fraction of sp³-hybridized carbons (Fsp3) is 0.238. The fourth-order valence-electron chi connectivity index (χ4n) is 2.75. The quantitative estimate of drug-likeness (QED) is 0.136. The third kappa shape index (κ3) is 6.58. The molecule has 2 heterocycles. The third-order valence-electron chi connectivity index (χ3n) is 4.33. The molecule has 11 heteroatoms. The number of aryl methyl sites for hydroxylation is 2. The average molecular weight is 504 g/mol. The van der Waals surface area contributed by atoms with Crippen molar-refractivity contribution in [3.05, 3.63) is 58.5 Å². The molecule has 0 aliphatic heterocycles. The molecular weight excluding hydrogens is 483 g/mol. The van der Waals surface area contributed by atoms with Gasteiger partial charge < -0.3 is 14.8 Å². The Balaban J connectivity index is 1.16. The summed E-state index contributed by atoms with van der Waals surface area (Å²) in [4.78, 5) is 1.57. The molecule has 0 unspecified atom stereocenters. The van der Waals surface area contributed by atoms with E-state index in [0.29, 0.717) is 17.7 Å². The molecule has 0 fully saturated rings. The molecule has 0 aliphatic carbocycles. The number of nitrogens with zero attached hydrogens (tertiary/aromatic N) is 4. The zero-order valence-corrected chi connectivity index (χ0v) is 20.4. The molecule has 166 valence electrons. The Kier molecular flexibility index (Phi) is 8.21. The van der Waals surface area contributed by atoms with E-state index in [1.54, 1.807) is 11.3 Å². The molecule has 0 aliphatic rings. The summed E-state index contributed by atoms with van der Waals surface area (Å²) in [6.07, 6.45) is 3.70. The minimum absolute atomic E-state index is 0.311. The summed E-state index contributed by atoms with van der Waals surface area (Å²) in [6, 6.07) is 15.1. The van der Waals surface area contributed by atoms with Gasteiger partial charge in [-0.3, -0.25) is 0 Å². The summed E-state index contributed by atoms with van der Waals surface area (Å²) in [5.74, 6) is 1.41. The van der Waals surface area contributed by atoms with Gasteiger partial charge in [-0.15, -0.1) is 40.6 Å². The SMILES string of the molecule is Sc1ccccc1OCNc1nnc(CCCCc2nnc(Oc3ccccc3S)s2)s1. The molecule has 0 bridgehead atoms. The lowest BCUT2D eigenvalue weighted by Crippen LogP contribution is -2.08. The first-order valence-electron chi connectivity index (χ1n) is 9.92. The largest absolute Gasteiger partial charge is 0.472 e. The van der Waals surface area contributed by atoms with Gasteiger partial charge in [-0.25, -0.2) is 0 Å². The number of thiol groups is 2. The van der Waals surface area contributed by atoms with Crippen molar-refractivity contribution in [2.45, 2.75) is 35.5 Å². The number of hydrogen-bond donors (Lipinski definition) is 3. The predicted octanol–water partition coefficient (Wildman–Crippen LogP) is 5.77. The molecule has 4 rings (SSSR count). The third-order valence-corrected chi connectivity index (χ3v) is 6.87. The van der Waals surface area contributed by atoms with Crippen LogP contribution in [0.3, 0.4) is 0 Å². The molecule has 1 N–H and O–H groups in total. The second kappa shape index (κ2) is 11.5. The van der Waals surface area contributed by atoms with Crippen LogP contribution in [-0.2, 0) is 12.8 Å². The molecule has 0 amide bonds. The summed E-state index contributed by atoms with van der Waals surface area (Å²) >= 11 is 11.8. The van der Waals surface area contributed by atoms with Crippen molar-refractivity contribution in [2.24, 2.45) is 0 Å². The summed E-state index contributed by atoms with van der Waals surface area (Å²) in [5, 5.41) is 23.1. The first-order valence-corrected chi connectivity index (χ1v) is 12.5. The van der Waals surface area contributed by atoms with Gasteiger partial charge in [-0.2, -0.15) is 0 Å². The van der Waals surface area contributed by atoms with E-state index in [1.807, 2.05) is 48.5 Å². The van der Waals surface area contributed by atoms with Crippen LogP contribution >= 0.6 is 47.9 Å². The number of benzene rings is 2. The molecule has 32 heavy (non-hydrogen) atoms. The van der Waals surface area contributed by atoms with Gasteiger partial charge in [0.05, 0.1) is 0 Å². The van der Waals surface area contributed by atoms with Crippen LogP contribution in [0.25, 0.3) is 0 Å². The molecule has 0 spiro atoms. The lowest BCUT2D eigenvalue weighted by atomic mass is 10.2. The predicted molar refractivity (Wildman–Crippen MR) is 133 cm³/mol. The molecule has 7 nitrogen and oxygen atoms in total. The lowest BCUT2D eigenvalue weighted by molar-refractivity contribution is 0.339. The maximum absolute atomic E-state index is 5.77. The van der Waals surface area contributed by atoms with E-state index in [1.165, 1.54) is 11.3 Å². The minimum Gasteiger partial charge on any atom is -0.472 e. The number of aromatic nitrogens is 4. The number of anilines is 1. The number of nitrogens with one attached hydrogen (secondary N) is 1. The van der Waals surface area contributed by atoms with Crippen LogP contribution in [0.1, 0.15) is 22.9 Å². The second-order valence-corrected chi connectivity index (χ2v) is 9.72. The number of para-hydroxylation sites is 2. The molecule has 0 saturated carbocycles. The molecule has 0 atom stereocenters. The van der Waals surface area contributed by atoms with Gasteiger partial charge in [0.1, 0.15) is 21.5 Å². The van der Waals surface area contributed by atoms with Crippen molar-refractivity contribution in [1.82, 2.24) is 20.4 Å². The van der Waals surface area contributed by atoms with Crippen LogP contribution in [-0.4, -0.2) is 27.1 Å². The Hall–Kier alpha value is -2.34. The van der Waals surface area contributed by atoms with Crippen molar-refractivity contribution in [1.29, 1.82) is 0 Å². The number of ether oxygens (including phenoxy) is 2. The lowest BCUT2D eigenvalue weighted by Gasteiger charge is -2.07. The van der Waals surface area contributed by atoms with Crippen LogP contribution in [0.15, 0.2) is 58.3 Å². The van der Waals surface area contributed by atoms with Gasteiger partial charge in [0, 0.05) is 22.6 Å². The summed E-state index contributed by atoms with van der Waals surface area (Å²) in [7, 11) is 0. The maximum Gasteiger partial charge on any atom is 0.299 e. The Morgan fingerprint density at radius 3 is 2.09 bits per heavy atom. The van der Waals surface area contributed by atoms with E-state index >= 15 is 0 Å². The van der Waals surface area contributed by atoms with Crippen LogP contribution in [0.2, 0.25) is 0 Å². The first kappa shape index (κ1) is 22.8. The van der Waals surface area contributed by atoms with Gasteiger partial charge >= 0.3 is 0 Å². The van der Waals surface area contributed by atoms with Crippen molar-refractivity contribution in [3.63, 3.8) is 0 Å². The first-order chi connectivity index (χ1) is 15.7. The molecule has 0 radical (unpaired) electrons. The van der Waals surface area contributed by atoms with Crippen LogP contribution < -0.4 is 14.8 Å². The van der Waals surface area contributed by atoms with Crippen molar-refractivity contribution in [3.8, 4) is 16.7 Å². The van der Waals surface area contributed by atoms with Crippen molar-refractivity contribution in [2.75, 3.05) is 12.0 Å². The fourth-order valence-corrected chi connectivity index (χ4v) is 4.69. The molecule has 2 aromatic heterocycles. The molecule has 0 saturated heterocycles. The smallest absolute Gasteiger partial charge is 0.299 e. The number of rotatable bonds is 11. The molecule has 2 aromatic carbocycles. The zero-order chi connectivity index (χ0) is 22.2.